The molecule has 0 aliphatic carbocycles. The van der Waals surface area contributed by atoms with Gasteiger partial charge < -0.3 is 9.32 Å². The summed E-state index contributed by atoms with van der Waals surface area (Å²) >= 11 is 0. The van der Waals surface area contributed by atoms with Gasteiger partial charge in [0.05, 0.1) is 17.0 Å². The van der Waals surface area contributed by atoms with Crippen LogP contribution in [-0.4, -0.2) is 10.8 Å². The fourth-order valence-corrected chi connectivity index (χ4v) is 4.22. The first kappa shape index (κ1) is 19.2. The van der Waals surface area contributed by atoms with Crippen LogP contribution in [0.5, 0.6) is 0 Å². The molecule has 0 radical (unpaired) electrons. The van der Waals surface area contributed by atoms with Crippen molar-refractivity contribution in [3.8, 4) is 0 Å². The summed E-state index contributed by atoms with van der Waals surface area (Å²) in [6, 6.07) is 20.7. The summed E-state index contributed by atoms with van der Waals surface area (Å²) in [6.07, 6.45) is 0.889. The van der Waals surface area contributed by atoms with E-state index >= 15 is 0 Å². The first-order valence-electron chi connectivity index (χ1n) is 10.3. The monoisotopic (exact) mass is 413 g/mol. The van der Waals surface area contributed by atoms with Crippen molar-refractivity contribution in [1.29, 1.82) is 0 Å². The number of benzene rings is 3. The Morgan fingerprint density at radius 2 is 1.68 bits per heavy atom. The minimum absolute atomic E-state index is 0.0320. The van der Waals surface area contributed by atoms with Crippen LogP contribution < -0.4 is 5.43 Å². The van der Waals surface area contributed by atoms with E-state index in [0.29, 0.717) is 6.54 Å². The summed E-state index contributed by atoms with van der Waals surface area (Å²) in [5.74, 6) is -0.828. The van der Waals surface area contributed by atoms with Crippen molar-refractivity contribution < 1.29 is 13.6 Å². The zero-order valence-corrected chi connectivity index (χ0v) is 17.0. The number of carbonyl (C=O) groups excluding carboxylic acids is 1. The molecule has 5 heteroatoms. The van der Waals surface area contributed by atoms with Crippen LogP contribution in [-0.2, 0) is 13.0 Å². The van der Waals surface area contributed by atoms with E-state index in [9.17, 15) is 14.0 Å². The largest absolute Gasteiger partial charge is 0.450 e. The minimum atomic E-state index is -0.600. The Hall–Kier alpha value is -3.73. The maximum absolute atomic E-state index is 13.9. The molecule has 1 aromatic heterocycles. The zero-order chi connectivity index (χ0) is 21.5. The fraction of sp³-hybridized carbons (Fsp3) is 0.154. The highest BCUT2D eigenvalue weighted by molar-refractivity contribution is 5.99. The van der Waals surface area contributed by atoms with Crippen molar-refractivity contribution in [3.63, 3.8) is 0 Å². The molecule has 1 atom stereocenters. The maximum Gasteiger partial charge on any atom is 0.291 e. The van der Waals surface area contributed by atoms with Crippen molar-refractivity contribution >= 4 is 16.9 Å². The number of rotatable bonds is 4. The molecule has 1 unspecified atom stereocenters. The lowest BCUT2D eigenvalue weighted by atomic mass is 9.97. The Morgan fingerprint density at radius 1 is 0.935 bits per heavy atom. The molecule has 0 bridgehead atoms. The van der Waals surface area contributed by atoms with Crippen molar-refractivity contribution in [2.75, 3.05) is 0 Å². The quantitative estimate of drug-likeness (QED) is 0.460. The number of nitrogens with zero attached hydrogens (tertiary/aromatic N) is 1. The van der Waals surface area contributed by atoms with Gasteiger partial charge in [0.1, 0.15) is 11.4 Å². The molecule has 154 valence electrons. The molecular weight excluding hydrogens is 393 g/mol. The number of hydrogen-bond acceptors (Lipinski definition) is 3. The van der Waals surface area contributed by atoms with Gasteiger partial charge in [-0.25, -0.2) is 4.39 Å². The number of halogens is 1. The van der Waals surface area contributed by atoms with Crippen LogP contribution in [0.15, 0.2) is 82.0 Å². The molecule has 3 aromatic carbocycles. The van der Waals surface area contributed by atoms with Crippen LogP contribution in [0, 0.1) is 5.82 Å². The molecule has 0 spiro atoms. The van der Waals surface area contributed by atoms with Gasteiger partial charge >= 0.3 is 0 Å². The molecule has 0 N–H and O–H groups in total. The smallest absolute Gasteiger partial charge is 0.291 e. The molecule has 2 heterocycles. The standard InChI is InChI=1S/C26H20FNO3/c1-2-16-8-10-18(11-9-16)23-22-24(29)20-14-19(27)12-13-21(20)31-25(22)26(30)28(23)15-17-6-4-3-5-7-17/h3-14,23H,2,15H2,1H3. The van der Waals surface area contributed by atoms with Crippen LogP contribution in [0.1, 0.15) is 45.8 Å². The highest BCUT2D eigenvalue weighted by atomic mass is 19.1. The predicted molar refractivity (Wildman–Crippen MR) is 116 cm³/mol. The van der Waals surface area contributed by atoms with Gasteiger partial charge in [-0.1, -0.05) is 61.5 Å². The Balaban J connectivity index is 1.72. The van der Waals surface area contributed by atoms with E-state index in [4.69, 9.17) is 4.42 Å². The first-order valence-corrected chi connectivity index (χ1v) is 10.3. The number of fused-ring (bicyclic) bond motifs is 2. The van der Waals surface area contributed by atoms with Gasteiger partial charge in [0, 0.05) is 6.54 Å². The van der Waals surface area contributed by atoms with Crippen molar-refractivity contribution in [2.24, 2.45) is 0 Å². The summed E-state index contributed by atoms with van der Waals surface area (Å²) in [6.45, 7) is 2.40. The molecule has 1 aliphatic rings. The highest BCUT2D eigenvalue weighted by Gasteiger charge is 2.42. The van der Waals surface area contributed by atoms with Gasteiger partial charge in [0.25, 0.3) is 5.91 Å². The fourth-order valence-electron chi connectivity index (χ4n) is 4.22. The normalized spacial score (nSPS) is 15.5. The molecule has 0 fully saturated rings. The van der Waals surface area contributed by atoms with E-state index in [-0.39, 0.29) is 33.6 Å². The SMILES string of the molecule is CCc1ccc(C2c3c(oc4ccc(F)cc4c3=O)C(=O)N2Cc2ccccc2)cc1. The number of aryl methyl sites for hydroxylation is 1. The number of amides is 1. The van der Waals surface area contributed by atoms with Gasteiger partial charge in [-0.15, -0.1) is 0 Å². The van der Waals surface area contributed by atoms with E-state index in [0.717, 1.165) is 23.1 Å². The Labute approximate surface area is 178 Å². The van der Waals surface area contributed by atoms with Crippen LogP contribution >= 0.6 is 0 Å². The van der Waals surface area contributed by atoms with Crippen LogP contribution in [0.4, 0.5) is 4.39 Å². The van der Waals surface area contributed by atoms with Crippen LogP contribution in [0.3, 0.4) is 0 Å². The van der Waals surface area contributed by atoms with Crippen molar-refractivity contribution in [1.82, 2.24) is 4.90 Å². The molecule has 31 heavy (non-hydrogen) atoms. The predicted octanol–water partition coefficient (Wildman–Crippen LogP) is 5.24. The van der Waals surface area contributed by atoms with Gasteiger partial charge in [-0.3, -0.25) is 9.59 Å². The molecule has 0 saturated carbocycles. The first-order chi connectivity index (χ1) is 15.1. The molecule has 5 rings (SSSR count). The van der Waals surface area contributed by atoms with E-state index < -0.39 is 11.9 Å². The minimum Gasteiger partial charge on any atom is -0.450 e. The van der Waals surface area contributed by atoms with E-state index in [1.165, 1.54) is 18.2 Å². The molecule has 4 nitrogen and oxygen atoms in total. The van der Waals surface area contributed by atoms with Gasteiger partial charge in [-0.05, 0) is 41.3 Å². The lowest BCUT2D eigenvalue weighted by Crippen LogP contribution is -2.29. The Bertz CT molecular complexity index is 1340. The third kappa shape index (κ3) is 3.22. The average molecular weight is 413 g/mol. The second kappa shape index (κ2) is 7.51. The summed E-state index contributed by atoms with van der Waals surface area (Å²) in [5, 5.41) is 0.142. The van der Waals surface area contributed by atoms with Crippen LogP contribution in [0.25, 0.3) is 11.0 Å². The third-order valence-electron chi connectivity index (χ3n) is 5.83. The maximum atomic E-state index is 13.9. The second-order valence-corrected chi connectivity index (χ2v) is 7.73. The van der Waals surface area contributed by atoms with Crippen molar-refractivity contribution in [2.45, 2.75) is 25.9 Å². The van der Waals surface area contributed by atoms with Crippen LogP contribution in [0.2, 0.25) is 0 Å². The highest BCUT2D eigenvalue weighted by Crippen LogP contribution is 2.39. The Kier molecular flexibility index (Phi) is 4.66. The van der Waals surface area contributed by atoms with Crippen molar-refractivity contribution in [3.05, 3.63) is 117 Å². The van der Waals surface area contributed by atoms with Gasteiger partial charge in [0.2, 0.25) is 5.76 Å². The summed E-state index contributed by atoms with van der Waals surface area (Å²) in [7, 11) is 0. The van der Waals surface area contributed by atoms with Gasteiger partial charge in [-0.2, -0.15) is 0 Å². The number of hydrogen-bond donors (Lipinski definition) is 0. The summed E-state index contributed by atoms with van der Waals surface area (Å²) in [5.41, 5.74) is 3.04. The molecule has 4 aromatic rings. The van der Waals surface area contributed by atoms with Gasteiger partial charge in [0.15, 0.2) is 5.43 Å². The lowest BCUT2D eigenvalue weighted by Gasteiger charge is -2.25. The molecular formula is C26H20FNO3. The van der Waals surface area contributed by atoms with E-state index in [2.05, 4.69) is 6.92 Å². The summed E-state index contributed by atoms with van der Waals surface area (Å²) < 4.78 is 19.7. The summed E-state index contributed by atoms with van der Waals surface area (Å²) in [4.78, 5) is 28.5. The molecule has 1 amide bonds. The van der Waals surface area contributed by atoms with E-state index in [1.54, 1.807) is 4.90 Å². The Morgan fingerprint density at radius 3 is 2.39 bits per heavy atom. The third-order valence-corrected chi connectivity index (χ3v) is 5.83. The topological polar surface area (TPSA) is 50.5 Å². The molecule has 0 saturated heterocycles. The second-order valence-electron chi connectivity index (χ2n) is 7.73. The zero-order valence-electron chi connectivity index (χ0n) is 17.0. The molecule has 1 aliphatic heterocycles. The van der Waals surface area contributed by atoms with E-state index in [1.807, 2.05) is 54.6 Å². The number of carbonyl (C=O) groups is 1. The average Bonchev–Trinajstić information content (AvgIpc) is 3.07. The lowest BCUT2D eigenvalue weighted by molar-refractivity contribution is 0.0714.